The smallest absolute Gasteiger partial charge is 0.234 e. The van der Waals surface area contributed by atoms with E-state index >= 15 is 0 Å². The number of aryl methyl sites for hydroxylation is 1. The second-order valence-corrected chi connectivity index (χ2v) is 8.00. The summed E-state index contributed by atoms with van der Waals surface area (Å²) in [5.74, 6) is 0.347. The molecule has 8 heteroatoms. The number of carbonyl (C=O) groups is 2. The minimum atomic E-state index is -0.115. The van der Waals surface area contributed by atoms with Crippen molar-refractivity contribution in [3.63, 3.8) is 0 Å². The van der Waals surface area contributed by atoms with Gasteiger partial charge in [-0.05, 0) is 43.7 Å². The van der Waals surface area contributed by atoms with Crippen LogP contribution in [0, 0.1) is 6.92 Å². The number of hydrogen-bond acceptors (Lipinski definition) is 5. The molecule has 0 spiro atoms. The third kappa shape index (κ3) is 5.70. The highest BCUT2D eigenvalue weighted by molar-refractivity contribution is 8.00. The van der Waals surface area contributed by atoms with Crippen LogP contribution in [0.25, 0.3) is 5.69 Å². The van der Waals surface area contributed by atoms with E-state index in [1.807, 2.05) is 62.4 Å². The molecule has 2 amide bonds. The number of rotatable bonds is 8. The zero-order chi connectivity index (χ0) is 21.5. The summed E-state index contributed by atoms with van der Waals surface area (Å²) in [5.41, 5.74) is 3.83. The second kappa shape index (κ2) is 10.1. The number of aromatic nitrogens is 3. The summed E-state index contributed by atoms with van der Waals surface area (Å²) in [4.78, 5) is 30.3. The number of hydrogen-bond donors (Lipinski definition) is 1. The lowest BCUT2D eigenvalue weighted by atomic mass is 10.1. The molecule has 0 aliphatic rings. The van der Waals surface area contributed by atoms with E-state index in [9.17, 15) is 9.59 Å². The first-order chi connectivity index (χ1) is 14.4. The molecule has 1 atom stereocenters. The molecule has 30 heavy (non-hydrogen) atoms. The molecule has 1 aromatic heterocycles. The van der Waals surface area contributed by atoms with Gasteiger partial charge in [-0.1, -0.05) is 29.8 Å². The van der Waals surface area contributed by atoms with Gasteiger partial charge in [0.1, 0.15) is 12.7 Å². The maximum absolute atomic E-state index is 12.5. The monoisotopic (exact) mass is 423 g/mol. The number of anilines is 1. The van der Waals surface area contributed by atoms with Crippen molar-refractivity contribution in [2.45, 2.75) is 19.9 Å². The Kier molecular flexibility index (Phi) is 7.24. The number of carbonyl (C=O) groups excluding carboxylic acids is 2. The normalized spacial score (nSPS) is 11.7. The van der Waals surface area contributed by atoms with Gasteiger partial charge in [-0.3, -0.25) is 9.59 Å². The lowest BCUT2D eigenvalue weighted by Gasteiger charge is -2.25. The average Bonchev–Trinajstić information content (AvgIpc) is 3.29. The van der Waals surface area contributed by atoms with Crippen molar-refractivity contribution < 1.29 is 9.59 Å². The highest BCUT2D eigenvalue weighted by Crippen LogP contribution is 2.21. The molecule has 0 unspecified atom stereocenters. The van der Waals surface area contributed by atoms with Gasteiger partial charge in [-0.2, -0.15) is 5.10 Å². The highest BCUT2D eigenvalue weighted by Gasteiger charge is 2.18. The zero-order valence-corrected chi connectivity index (χ0v) is 18.1. The number of benzene rings is 2. The first-order valence-electron chi connectivity index (χ1n) is 9.59. The van der Waals surface area contributed by atoms with Gasteiger partial charge in [0.25, 0.3) is 0 Å². The molecule has 0 radical (unpaired) electrons. The molecule has 0 fully saturated rings. The summed E-state index contributed by atoms with van der Waals surface area (Å²) < 4.78 is 1.68. The Hall–Kier alpha value is -3.13. The zero-order valence-electron chi connectivity index (χ0n) is 17.3. The number of nitrogens with one attached hydrogen (secondary N) is 1. The van der Waals surface area contributed by atoms with Crippen molar-refractivity contribution in [2.24, 2.45) is 0 Å². The van der Waals surface area contributed by atoms with Crippen LogP contribution in [0.4, 0.5) is 5.69 Å². The van der Waals surface area contributed by atoms with Gasteiger partial charge in [-0.25, -0.2) is 9.67 Å². The minimum absolute atomic E-state index is 0.0176. The van der Waals surface area contributed by atoms with Gasteiger partial charge in [0.2, 0.25) is 11.8 Å². The molecule has 1 N–H and O–H groups in total. The van der Waals surface area contributed by atoms with Gasteiger partial charge >= 0.3 is 0 Å². The Morgan fingerprint density at radius 3 is 2.43 bits per heavy atom. The van der Waals surface area contributed by atoms with Crippen molar-refractivity contribution in [1.29, 1.82) is 0 Å². The Labute approximate surface area is 180 Å². The average molecular weight is 424 g/mol. The standard InChI is InChI=1S/C22H25N5O2S/c1-16-4-8-19(9-5-16)25-21(28)12-30-13-22(29)26(3)17(2)18-6-10-20(11-7-18)27-15-23-14-24-27/h4-11,14-15,17H,12-13H2,1-3H3,(H,25,28)/t17-/m1/s1. The Morgan fingerprint density at radius 1 is 1.10 bits per heavy atom. The molecule has 3 rings (SSSR count). The van der Waals surface area contributed by atoms with Gasteiger partial charge in [0.15, 0.2) is 0 Å². The van der Waals surface area contributed by atoms with E-state index in [0.29, 0.717) is 0 Å². The van der Waals surface area contributed by atoms with Gasteiger partial charge in [0.05, 0.1) is 23.2 Å². The highest BCUT2D eigenvalue weighted by atomic mass is 32.2. The van der Waals surface area contributed by atoms with Crippen LogP contribution in [0.5, 0.6) is 0 Å². The Morgan fingerprint density at radius 2 is 1.80 bits per heavy atom. The van der Waals surface area contributed by atoms with E-state index in [1.165, 1.54) is 18.1 Å². The van der Waals surface area contributed by atoms with Crippen LogP contribution in [0.3, 0.4) is 0 Å². The molecule has 0 bridgehead atoms. The molecule has 7 nitrogen and oxygen atoms in total. The fourth-order valence-electron chi connectivity index (χ4n) is 2.85. The summed E-state index contributed by atoms with van der Waals surface area (Å²) in [6.45, 7) is 3.98. The van der Waals surface area contributed by atoms with E-state index in [0.717, 1.165) is 22.5 Å². The van der Waals surface area contributed by atoms with Crippen LogP contribution in [-0.4, -0.2) is 50.0 Å². The van der Waals surface area contributed by atoms with Crippen molar-refractivity contribution in [1.82, 2.24) is 19.7 Å². The van der Waals surface area contributed by atoms with Gasteiger partial charge in [-0.15, -0.1) is 11.8 Å². The van der Waals surface area contributed by atoms with Crippen molar-refractivity contribution >= 4 is 29.3 Å². The van der Waals surface area contributed by atoms with E-state index in [4.69, 9.17) is 0 Å². The van der Waals surface area contributed by atoms with Crippen LogP contribution >= 0.6 is 11.8 Å². The molecule has 2 aromatic carbocycles. The summed E-state index contributed by atoms with van der Waals surface area (Å²) in [7, 11) is 1.78. The number of amides is 2. The van der Waals surface area contributed by atoms with Crippen LogP contribution in [0.2, 0.25) is 0 Å². The van der Waals surface area contributed by atoms with Crippen molar-refractivity contribution in [3.05, 3.63) is 72.3 Å². The minimum Gasteiger partial charge on any atom is -0.338 e. The lowest BCUT2D eigenvalue weighted by Crippen LogP contribution is -2.31. The van der Waals surface area contributed by atoms with Gasteiger partial charge < -0.3 is 10.2 Å². The molecule has 0 saturated heterocycles. The first kappa shape index (κ1) is 21.6. The quantitative estimate of drug-likeness (QED) is 0.600. The van der Waals surface area contributed by atoms with E-state index in [-0.39, 0.29) is 29.4 Å². The molecule has 3 aromatic rings. The largest absolute Gasteiger partial charge is 0.338 e. The maximum Gasteiger partial charge on any atom is 0.234 e. The fourth-order valence-corrected chi connectivity index (χ4v) is 3.59. The van der Waals surface area contributed by atoms with Crippen LogP contribution in [-0.2, 0) is 9.59 Å². The van der Waals surface area contributed by atoms with E-state index < -0.39 is 0 Å². The van der Waals surface area contributed by atoms with Crippen LogP contribution in [0.15, 0.2) is 61.2 Å². The Balaban J connectivity index is 1.46. The van der Waals surface area contributed by atoms with Crippen molar-refractivity contribution in [2.75, 3.05) is 23.9 Å². The summed E-state index contributed by atoms with van der Waals surface area (Å²) in [6, 6.07) is 15.4. The SMILES string of the molecule is Cc1ccc(NC(=O)CSCC(=O)N(C)[C@H](C)c2ccc(-n3cncn3)cc2)cc1. The molecular weight excluding hydrogens is 398 g/mol. The first-order valence-corrected chi connectivity index (χ1v) is 10.7. The molecule has 0 aliphatic heterocycles. The predicted molar refractivity (Wildman–Crippen MR) is 120 cm³/mol. The topological polar surface area (TPSA) is 80.1 Å². The molecular formula is C22H25N5O2S. The molecule has 156 valence electrons. The van der Waals surface area contributed by atoms with Crippen molar-refractivity contribution in [3.8, 4) is 5.69 Å². The summed E-state index contributed by atoms with van der Waals surface area (Å²) in [5, 5.41) is 6.95. The third-order valence-electron chi connectivity index (χ3n) is 4.83. The van der Waals surface area contributed by atoms with Crippen LogP contribution in [0.1, 0.15) is 24.1 Å². The van der Waals surface area contributed by atoms with E-state index in [1.54, 1.807) is 23.0 Å². The van der Waals surface area contributed by atoms with E-state index in [2.05, 4.69) is 15.4 Å². The Bertz CT molecular complexity index is 972. The number of thioether (sulfide) groups is 1. The third-order valence-corrected chi connectivity index (χ3v) is 5.74. The second-order valence-electron chi connectivity index (χ2n) is 7.02. The lowest BCUT2D eigenvalue weighted by molar-refractivity contribution is -0.128. The maximum atomic E-state index is 12.5. The summed E-state index contributed by atoms with van der Waals surface area (Å²) >= 11 is 1.31. The molecule has 0 saturated carbocycles. The predicted octanol–water partition coefficient (Wildman–Crippen LogP) is 3.47. The van der Waals surface area contributed by atoms with Gasteiger partial charge in [0, 0.05) is 12.7 Å². The van der Waals surface area contributed by atoms with Crippen LogP contribution < -0.4 is 5.32 Å². The molecule has 1 heterocycles. The molecule has 0 aliphatic carbocycles. The number of nitrogens with zero attached hydrogens (tertiary/aromatic N) is 4. The summed E-state index contributed by atoms with van der Waals surface area (Å²) in [6.07, 6.45) is 3.13. The fraction of sp³-hybridized carbons (Fsp3) is 0.273.